The Labute approximate surface area is 294 Å². The average molecular weight is 695 g/mol. The van der Waals surface area contributed by atoms with Crippen LogP contribution in [0, 0.1) is 0 Å². The molecule has 0 radical (unpaired) electrons. The Kier molecular flexibility index (Phi) is 10.8. The molecule has 0 amide bonds. The molecule has 1 heterocycles. The van der Waals surface area contributed by atoms with E-state index in [1.807, 2.05) is 72.8 Å². The van der Waals surface area contributed by atoms with E-state index in [9.17, 15) is 9.59 Å². The van der Waals surface area contributed by atoms with Crippen molar-refractivity contribution in [3.05, 3.63) is 121 Å². The van der Waals surface area contributed by atoms with Gasteiger partial charge >= 0.3 is 0 Å². The zero-order valence-electron chi connectivity index (χ0n) is 30.0. The summed E-state index contributed by atoms with van der Waals surface area (Å²) < 4.78 is 27.7. The Balaban J connectivity index is 1.64. The third kappa shape index (κ3) is 7.08. The van der Waals surface area contributed by atoms with Gasteiger partial charge in [-0.15, -0.1) is 0 Å². The minimum Gasteiger partial charge on any atom is -0.395 e. The van der Waals surface area contributed by atoms with Crippen LogP contribution < -0.4 is 20.7 Å². The smallest absolute Gasteiger partial charge is 0.262 e. The predicted molar refractivity (Wildman–Crippen MR) is 201 cm³/mol. The first-order valence-electron chi connectivity index (χ1n) is 17.0. The molecule has 8 heteroatoms. The Hall–Kier alpha value is -3.51. The summed E-state index contributed by atoms with van der Waals surface area (Å²) in [6.45, 7) is 16.6. The summed E-state index contributed by atoms with van der Waals surface area (Å²) >= 11 is 0. The summed E-state index contributed by atoms with van der Waals surface area (Å²) in [6.07, 6.45) is -2.37. The summed E-state index contributed by atoms with van der Waals surface area (Å²) in [4.78, 5) is 26.7. The molecule has 1 fully saturated rings. The van der Waals surface area contributed by atoms with Gasteiger partial charge in [0.15, 0.2) is 5.79 Å². The van der Waals surface area contributed by atoms with E-state index in [4.69, 9.17) is 18.3 Å². The van der Waals surface area contributed by atoms with Crippen molar-refractivity contribution >= 4 is 50.0 Å². The Bertz CT molecular complexity index is 1460. The molecule has 4 aromatic carbocycles. The number of carbonyl (C=O) groups is 2. The van der Waals surface area contributed by atoms with Crippen LogP contribution in [0.15, 0.2) is 121 Å². The molecule has 49 heavy (non-hydrogen) atoms. The number of rotatable bonds is 12. The molecule has 0 aromatic heterocycles. The van der Waals surface area contributed by atoms with Gasteiger partial charge in [0.05, 0.1) is 0 Å². The molecule has 0 N–H and O–H groups in total. The van der Waals surface area contributed by atoms with E-state index in [2.05, 4.69) is 90.1 Å². The van der Waals surface area contributed by atoms with Gasteiger partial charge in [0.2, 0.25) is 0 Å². The molecule has 1 saturated heterocycles. The summed E-state index contributed by atoms with van der Waals surface area (Å²) in [6, 6.07) is 40.6. The third-order valence-corrected chi connectivity index (χ3v) is 19.6. The largest absolute Gasteiger partial charge is 0.395 e. The van der Waals surface area contributed by atoms with Crippen LogP contribution in [0.1, 0.15) is 55.4 Å². The van der Waals surface area contributed by atoms with Gasteiger partial charge in [-0.1, -0.05) is 163 Å². The Morgan fingerprint density at radius 3 is 0.980 bits per heavy atom. The van der Waals surface area contributed by atoms with Crippen LogP contribution in [0.5, 0.6) is 0 Å². The monoisotopic (exact) mass is 694 g/mol. The molecule has 4 atom stereocenters. The molecule has 0 saturated carbocycles. The first kappa shape index (κ1) is 36.8. The molecule has 4 aromatic rings. The van der Waals surface area contributed by atoms with Crippen LogP contribution in [0.3, 0.4) is 0 Å². The summed E-state index contributed by atoms with van der Waals surface area (Å²) in [5.74, 6) is -1.11. The highest BCUT2D eigenvalue weighted by Gasteiger charge is 2.58. The fourth-order valence-corrected chi connectivity index (χ4v) is 16.7. The maximum absolute atomic E-state index is 13.4. The number of hydrogen-bond donors (Lipinski definition) is 0. The SMILES string of the molecule is CC1(C)O[C@@H]([C@H](C=O)O[Si](c2ccccc2)(c2ccccc2)C(C)(C)C)[C@H]([C@@H](C=O)O[Si](c2ccccc2)(c2ccccc2)C(C)(C)C)O1. The van der Waals surface area contributed by atoms with Crippen LogP contribution in [0.2, 0.25) is 10.1 Å². The second-order valence-electron chi connectivity index (χ2n) is 15.3. The average Bonchev–Trinajstić information content (AvgIpc) is 3.41. The predicted octanol–water partition coefficient (Wildman–Crippen LogP) is 5.79. The van der Waals surface area contributed by atoms with Crippen molar-refractivity contribution in [2.45, 2.75) is 95.7 Å². The first-order valence-corrected chi connectivity index (χ1v) is 20.9. The van der Waals surface area contributed by atoms with E-state index >= 15 is 0 Å². The maximum Gasteiger partial charge on any atom is 0.262 e. The van der Waals surface area contributed by atoms with E-state index in [0.29, 0.717) is 0 Å². The zero-order valence-corrected chi connectivity index (χ0v) is 32.0. The third-order valence-electron chi connectivity index (χ3n) is 9.54. The summed E-state index contributed by atoms with van der Waals surface area (Å²) in [5.41, 5.74) is 0. The molecule has 0 bridgehead atoms. The van der Waals surface area contributed by atoms with Crippen LogP contribution in [-0.4, -0.2) is 59.4 Å². The van der Waals surface area contributed by atoms with Crippen molar-refractivity contribution in [1.29, 1.82) is 0 Å². The van der Waals surface area contributed by atoms with Gasteiger partial charge in [-0.3, -0.25) is 0 Å². The molecule has 0 spiro atoms. The van der Waals surface area contributed by atoms with E-state index in [1.165, 1.54) is 0 Å². The minimum atomic E-state index is -3.19. The highest BCUT2D eigenvalue weighted by Crippen LogP contribution is 2.42. The van der Waals surface area contributed by atoms with Crippen LogP contribution in [0.4, 0.5) is 0 Å². The molecule has 6 nitrogen and oxygen atoms in total. The maximum atomic E-state index is 13.4. The van der Waals surface area contributed by atoms with Crippen molar-refractivity contribution in [2.24, 2.45) is 0 Å². The van der Waals surface area contributed by atoms with Crippen LogP contribution >= 0.6 is 0 Å². The van der Waals surface area contributed by atoms with Crippen molar-refractivity contribution in [3.63, 3.8) is 0 Å². The van der Waals surface area contributed by atoms with Crippen molar-refractivity contribution < 1.29 is 27.9 Å². The standard InChI is InChI=1S/C41H50O6Si2/c1-39(2,3)48(31-21-13-9-14-22-31,32-23-15-10-16-24-32)46-35(29-42)37-38(45-41(7,8)44-37)36(30-43)47-49(40(4,5)6,33-25-17-11-18-26-33)34-27-19-12-20-28-34/h9-30,35-38H,1-8H3/t35-,36+,37-,38-/m0/s1. The van der Waals surface area contributed by atoms with Crippen molar-refractivity contribution in [3.8, 4) is 0 Å². The molecule has 1 aliphatic heterocycles. The van der Waals surface area contributed by atoms with Gasteiger partial charge in [0, 0.05) is 0 Å². The lowest BCUT2D eigenvalue weighted by Gasteiger charge is -2.46. The van der Waals surface area contributed by atoms with Crippen LogP contribution in [-0.2, 0) is 27.9 Å². The van der Waals surface area contributed by atoms with Gasteiger partial charge < -0.3 is 27.9 Å². The molecule has 1 aliphatic rings. The lowest BCUT2D eigenvalue weighted by molar-refractivity contribution is -0.160. The van der Waals surface area contributed by atoms with Gasteiger partial charge in [0.25, 0.3) is 16.6 Å². The van der Waals surface area contributed by atoms with E-state index < -0.39 is 56.9 Å². The van der Waals surface area contributed by atoms with Gasteiger partial charge in [0.1, 0.15) is 37.0 Å². The van der Waals surface area contributed by atoms with Crippen LogP contribution in [0.25, 0.3) is 0 Å². The van der Waals surface area contributed by atoms with E-state index in [-0.39, 0.29) is 0 Å². The fraction of sp³-hybridized carbons (Fsp3) is 0.366. The molecule has 0 unspecified atom stereocenters. The number of carbonyl (C=O) groups excluding carboxylic acids is 2. The lowest BCUT2D eigenvalue weighted by Crippen LogP contribution is -2.70. The molecular formula is C41H50O6Si2. The normalized spacial score (nSPS) is 19.6. The highest BCUT2D eigenvalue weighted by molar-refractivity contribution is 7.00. The number of benzene rings is 4. The molecule has 0 aliphatic carbocycles. The number of hydrogen-bond acceptors (Lipinski definition) is 6. The Morgan fingerprint density at radius 2 is 0.776 bits per heavy atom. The quantitative estimate of drug-likeness (QED) is 0.138. The Morgan fingerprint density at radius 1 is 0.531 bits per heavy atom. The lowest BCUT2D eigenvalue weighted by atomic mass is 10.1. The topological polar surface area (TPSA) is 71.1 Å². The molecule has 5 rings (SSSR count). The minimum absolute atomic E-state index is 0.392. The van der Waals surface area contributed by atoms with E-state index in [1.54, 1.807) is 13.8 Å². The number of ether oxygens (including phenoxy) is 2. The first-order chi connectivity index (χ1) is 23.2. The molecule has 258 valence electrons. The van der Waals surface area contributed by atoms with Gasteiger partial charge in [-0.25, -0.2) is 0 Å². The van der Waals surface area contributed by atoms with Crippen molar-refractivity contribution in [2.75, 3.05) is 0 Å². The van der Waals surface area contributed by atoms with Crippen molar-refractivity contribution in [1.82, 2.24) is 0 Å². The zero-order chi connectivity index (χ0) is 35.5. The molecular weight excluding hydrogens is 645 g/mol. The fourth-order valence-electron chi connectivity index (χ4n) is 7.46. The second-order valence-corrected chi connectivity index (χ2v) is 23.8. The van der Waals surface area contributed by atoms with Gasteiger partial charge in [-0.05, 0) is 44.7 Å². The highest BCUT2D eigenvalue weighted by atomic mass is 28.4. The summed E-state index contributed by atoms with van der Waals surface area (Å²) in [5, 5.41) is 3.35. The number of aldehydes is 2. The van der Waals surface area contributed by atoms with E-state index in [0.717, 1.165) is 33.3 Å². The second kappa shape index (κ2) is 14.4. The van der Waals surface area contributed by atoms with Gasteiger partial charge in [-0.2, -0.15) is 0 Å². The summed E-state index contributed by atoms with van der Waals surface area (Å²) in [7, 11) is -6.38.